The van der Waals surface area contributed by atoms with Crippen molar-refractivity contribution in [2.75, 3.05) is 13.7 Å². The van der Waals surface area contributed by atoms with Crippen molar-refractivity contribution in [1.29, 1.82) is 0 Å². The average Bonchev–Trinajstić information content (AvgIpc) is 2.89. The molecule has 1 aromatic heterocycles. The fourth-order valence-electron chi connectivity index (χ4n) is 1.88. The highest BCUT2D eigenvalue weighted by Gasteiger charge is 2.39. The molecule has 2 rings (SSSR count). The molecule has 1 saturated heterocycles. The number of carbonyl (C=O) groups is 1. The maximum Gasteiger partial charge on any atom is 0.308 e. The van der Waals surface area contributed by atoms with Crippen LogP contribution in [0.3, 0.4) is 0 Å². The largest absolute Gasteiger partial charge is 0.469 e. The minimum absolute atomic E-state index is 0.213. The molecule has 5 heteroatoms. The van der Waals surface area contributed by atoms with Crippen LogP contribution < -0.4 is 0 Å². The maximum absolute atomic E-state index is 11.1. The fraction of sp³-hybridized carbons (Fsp3) is 0.583. The quantitative estimate of drug-likeness (QED) is 0.747. The third kappa shape index (κ3) is 3.08. The van der Waals surface area contributed by atoms with E-state index >= 15 is 0 Å². The van der Waals surface area contributed by atoms with Gasteiger partial charge in [-0.15, -0.1) is 0 Å². The van der Waals surface area contributed by atoms with Crippen molar-refractivity contribution in [1.82, 2.24) is 0 Å². The predicted octanol–water partition coefficient (Wildman–Crippen LogP) is 1.52. The number of hydrogen-bond acceptors (Lipinski definition) is 5. The zero-order chi connectivity index (χ0) is 12.3. The second-order valence-corrected chi connectivity index (χ2v) is 4.22. The van der Waals surface area contributed by atoms with Crippen molar-refractivity contribution >= 4 is 5.97 Å². The first-order valence-electron chi connectivity index (χ1n) is 5.52. The van der Waals surface area contributed by atoms with Crippen molar-refractivity contribution in [2.45, 2.75) is 31.7 Å². The Morgan fingerprint density at radius 3 is 3.12 bits per heavy atom. The minimum atomic E-state index is -0.726. The second kappa shape index (κ2) is 4.89. The number of esters is 1. The average molecular weight is 240 g/mol. The van der Waals surface area contributed by atoms with Gasteiger partial charge in [0.15, 0.2) is 5.79 Å². The van der Waals surface area contributed by atoms with Crippen LogP contribution in [-0.4, -0.2) is 31.6 Å². The van der Waals surface area contributed by atoms with Gasteiger partial charge in [0, 0.05) is 0 Å². The van der Waals surface area contributed by atoms with E-state index in [9.17, 15) is 4.79 Å². The van der Waals surface area contributed by atoms with Crippen LogP contribution in [0.4, 0.5) is 0 Å². The SMILES string of the molecule is COC(=O)CC1COC(C)(Cc2ccco2)O1. The molecule has 0 N–H and O–H groups in total. The molecule has 94 valence electrons. The summed E-state index contributed by atoms with van der Waals surface area (Å²) in [7, 11) is 1.36. The molecule has 0 amide bonds. The molecule has 1 aliphatic rings. The molecule has 2 heterocycles. The molecule has 0 bridgehead atoms. The van der Waals surface area contributed by atoms with E-state index < -0.39 is 5.79 Å². The Balaban J connectivity index is 1.89. The molecule has 2 unspecified atom stereocenters. The summed E-state index contributed by atoms with van der Waals surface area (Å²) in [6, 6.07) is 3.69. The van der Waals surface area contributed by atoms with E-state index in [1.54, 1.807) is 6.26 Å². The van der Waals surface area contributed by atoms with Gasteiger partial charge < -0.3 is 18.6 Å². The zero-order valence-electron chi connectivity index (χ0n) is 9.97. The van der Waals surface area contributed by atoms with Gasteiger partial charge in [-0.05, 0) is 19.1 Å². The topological polar surface area (TPSA) is 57.9 Å². The Bertz CT molecular complexity index is 372. The van der Waals surface area contributed by atoms with E-state index in [1.807, 2.05) is 19.1 Å². The lowest BCUT2D eigenvalue weighted by molar-refractivity contribution is -0.161. The summed E-state index contributed by atoms with van der Waals surface area (Å²) in [5, 5.41) is 0. The van der Waals surface area contributed by atoms with Gasteiger partial charge in [-0.2, -0.15) is 0 Å². The van der Waals surface area contributed by atoms with Crippen LogP contribution >= 0.6 is 0 Å². The number of methoxy groups -OCH3 is 1. The van der Waals surface area contributed by atoms with E-state index in [2.05, 4.69) is 4.74 Å². The van der Waals surface area contributed by atoms with E-state index in [0.29, 0.717) is 13.0 Å². The molecule has 1 aromatic rings. The summed E-state index contributed by atoms with van der Waals surface area (Å²) in [5.74, 6) is -0.219. The van der Waals surface area contributed by atoms with Crippen molar-refractivity contribution in [3.63, 3.8) is 0 Å². The molecule has 0 aromatic carbocycles. The van der Waals surface area contributed by atoms with Gasteiger partial charge in [0.1, 0.15) is 5.76 Å². The van der Waals surface area contributed by atoms with Crippen LogP contribution in [-0.2, 0) is 25.4 Å². The highest BCUT2D eigenvalue weighted by atomic mass is 16.7. The number of carbonyl (C=O) groups excluding carboxylic acids is 1. The van der Waals surface area contributed by atoms with Gasteiger partial charge in [-0.3, -0.25) is 4.79 Å². The number of rotatable bonds is 4. The Morgan fingerprint density at radius 2 is 2.47 bits per heavy atom. The molecule has 0 spiro atoms. The fourth-order valence-corrected chi connectivity index (χ4v) is 1.88. The number of hydrogen-bond donors (Lipinski definition) is 0. The molecule has 2 atom stereocenters. The highest BCUT2D eigenvalue weighted by molar-refractivity contribution is 5.69. The van der Waals surface area contributed by atoms with Gasteiger partial charge in [-0.1, -0.05) is 0 Å². The van der Waals surface area contributed by atoms with Gasteiger partial charge >= 0.3 is 5.97 Å². The Kier molecular flexibility index (Phi) is 3.49. The van der Waals surface area contributed by atoms with Crippen LogP contribution in [0.5, 0.6) is 0 Å². The Morgan fingerprint density at radius 1 is 1.65 bits per heavy atom. The smallest absolute Gasteiger partial charge is 0.308 e. The standard InChI is InChI=1S/C12H16O5/c1-12(7-9-4-3-5-15-9)16-8-10(17-12)6-11(13)14-2/h3-5,10H,6-8H2,1-2H3. The lowest BCUT2D eigenvalue weighted by Gasteiger charge is -2.21. The summed E-state index contributed by atoms with van der Waals surface area (Å²) in [6.07, 6.45) is 2.10. The monoisotopic (exact) mass is 240 g/mol. The Hall–Kier alpha value is -1.33. The van der Waals surface area contributed by atoms with Crippen molar-refractivity contribution in [3.8, 4) is 0 Å². The van der Waals surface area contributed by atoms with Crippen molar-refractivity contribution in [2.24, 2.45) is 0 Å². The third-order valence-corrected chi connectivity index (χ3v) is 2.69. The summed E-state index contributed by atoms with van der Waals surface area (Å²) < 4.78 is 21.1. The van der Waals surface area contributed by atoms with Crippen LogP contribution in [0.1, 0.15) is 19.1 Å². The van der Waals surface area contributed by atoms with Crippen molar-refractivity contribution in [3.05, 3.63) is 24.2 Å². The molecule has 5 nitrogen and oxygen atoms in total. The second-order valence-electron chi connectivity index (χ2n) is 4.22. The molecular weight excluding hydrogens is 224 g/mol. The maximum atomic E-state index is 11.1. The van der Waals surface area contributed by atoms with Crippen LogP contribution in [0.25, 0.3) is 0 Å². The van der Waals surface area contributed by atoms with E-state index in [0.717, 1.165) is 5.76 Å². The lowest BCUT2D eigenvalue weighted by atomic mass is 10.2. The van der Waals surface area contributed by atoms with Gasteiger partial charge in [0.25, 0.3) is 0 Å². The molecule has 0 aliphatic carbocycles. The highest BCUT2D eigenvalue weighted by Crippen LogP contribution is 2.28. The van der Waals surface area contributed by atoms with Crippen LogP contribution in [0.2, 0.25) is 0 Å². The van der Waals surface area contributed by atoms with E-state index in [1.165, 1.54) is 7.11 Å². The van der Waals surface area contributed by atoms with Gasteiger partial charge in [0.05, 0.1) is 38.9 Å². The summed E-state index contributed by atoms with van der Waals surface area (Å²) in [5.41, 5.74) is 0. The zero-order valence-corrected chi connectivity index (χ0v) is 9.97. The molecule has 17 heavy (non-hydrogen) atoms. The summed E-state index contributed by atoms with van der Waals surface area (Å²) >= 11 is 0. The third-order valence-electron chi connectivity index (χ3n) is 2.69. The van der Waals surface area contributed by atoms with Gasteiger partial charge in [-0.25, -0.2) is 0 Å². The van der Waals surface area contributed by atoms with E-state index in [-0.39, 0.29) is 18.5 Å². The van der Waals surface area contributed by atoms with Gasteiger partial charge in [0.2, 0.25) is 0 Å². The first kappa shape index (κ1) is 12.1. The normalized spacial score (nSPS) is 28.2. The molecule has 1 aliphatic heterocycles. The summed E-state index contributed by atoms with van der Waals surface area (Å²) in [4.78, 5) is 11.1. The molecule has 0 saturated carbocycles. The first-order chi connectivity index (χ1) is 8.11. The lowest BCUT2D eigenvalue weighted by Crippen LogP contribution is -2.30. The first-order valence-corrected chi connectivity index (χ1v) is 5.52. The van der Waals surface area contributed by atoms with Crippen LogP contribution in [0.15, 0.2) is 22.8 Å². The molecular formula is C12H16O5. The van der Waals surface area contributed by atoms with Crippen LogP contribution in [0, 0.1) is 0 Å². The Labute approximate surface area is 99.6 Å². The molecule has 0 radical (unpaired) electrons. The minimum Gasteiger partial charge on any atom is -0.469 e. The van der Waals surface area contributed by atoms with E-state index in [4.69, 9.17) is 13.9 Å². The predicted molar refractivity (Wildman–Crippen MR) is 58.3 cm³/mol. The number of furan rings is 1. The van der Waals surface area contributed by atoms with Crippen molar-refractivity contribution < 1.29 is 23.4 Å². The summed E-state index contributed by atoms with van der Waals surface area (Å²) in [6.45, 7) is 2.24. The number of ether oxygens (including phenoxy) is 3. The molecule has 1 fully saturated rings.